The molecule has 0 saturated carbocycles. The number of likely N-dealkylation sites (tertiary alicyclic amines) is 1. The van der Waals surface area contributed by atoms with Gasteiger partial charge in [0.25, 0.3) is 0 Å². The SMILES string of the molecule is CC1CCN(Cc2nnnn2CCCC(=O)N[C@H](Cn2ccnc2)C(C)(C)C)CC1. The van der Waals surface area contributed by atoms with Crippen LogP contribution in [-0.4, -0.2) is 59.7 Å². The number of carbonyl (C=O) groups excluding carboxylic acids is 1. The van der Waals surface area contributed by atoms with E-state index in [1.165, 1.54) is 12.8 Å². The van der Waals surface area contributed by atoms with Crippen molar-refractivity contribution >= 4 is 5.91 Å². The summed E-state index contributed by atoms with van der Waals surface area (Å²) in [5.74, 6) is 1.76. The van der Waals surface area contributed by atoms with Crippen LogP contribution in [0.2, 0.25) is 0 Å². The van der Waals surface area contributed by atoms with E-state index in [2.05, 4.69) is 58.4 Å². The number of carbonyl (C=O) groups is 1. The van der Waals surface area contributed by atoms with Gasteiger partial charge >= 0.3 is 0 Å². The Morgan fingerprint density at radius 2 is 2.07 bits per heavy atom. The van der Waals surface area contributed by atoms with Gasteiger partial charge < -0.3 is 9.88 Å². The Hall–Kier alpha value is -2.29. The second-order valence-electron chi connectivity index (χ2n) is 9.63. The van der Waals surface area contributed by atoms with E-state index in [9.17, 15) is 4.79 Å². The van der Waals surface area contributed by atoms with Gasteiger partial charge in [-0.05, 0) is 54.1 Å². The highest BCUT2D eigenvalue weighted by molar-refractivity contribution is 5.76. The van der Waals surface area contributed by atoms with Gasteiger partial charge in [-0.2, -0.15) is 0 Å². The molecule has 1 aliphatic rings. The summed E-state index contributed by atoms with van der Waals surface area (Å²) in [6.07, 6.45) is 9.10. The molecule has 0 bridgehead atoms. The van der Waals surface area contributed by atoms with Crippen LogP contribution in [0.1, 0.15) is 59.2 Å². The molecule has 2 aromatic rings. The van der Waals surface area contributed by atoms with Crippen molar-refractivity contribution in [3.63, 3.8) is 0 Å². The maximum absolute atomic E-state index is 12.6. The number of aromatic nitrogens is 6. The van der Waals surface area contributed by atoms with Crippen LogP contribution in [0.5, 0.6) is 0 Å². The average molecular weight is 417 g/mol. The largest absolute Gasteiger partial charge is 0.351 e. The third-order valence-corrected chi connectivity index (χ3v) is 5.95. The molecule has 3 heterocycles. The lowest BCUT2D eigenvalue weighted by molar-refractivity contribution is -0.122. The summed E-state index contributed by atoms with van der Waals surface area (Å²) >= 11 is 0. The number of tetrazole rings is 1. The van der Waals surface area contributed by atoms with E-state index in [0.29, 0.717) is 25.9 Å². The highest BCUT2D eigenvalue weighted by atomic mass is 16.1. The average Bonchev–Trinajstić information content (AvgIpc) is 3.35. The number of nitrogens with zero attached hydrogens (tertiary/aromatic N) is 7. The molecular weight excluding hydrogens is 380 g/mol. The molecule has 2 aromatic heterocycles. The van der Waals surface area contributed by atoms with Gasteiger partial charge in [0.2, 0.25) is 5.91 Å². The molecular formula is C21H36N8O. The predicted octanol–water partition coefficient (Wildman–Crippen LogP) is 2.11. The second-order valence-corrected chi connectivity index (χ2v) is 9.63. The first kappa shape index (κ1) is 22.4. The zero-order chi connectivity index (χ0) is 21.6. The minimum Gasteiger partial charge on any atom is -0.351 e. The monoisotopic (exact) mass is 416 g/mol. The lowest BCUT2D eigenvalue weighted by Gasteiger charge is -2.32. The second kappa shape index (κ2) is 10.1. The molecule has 1 N–H and O–H groups in total. The van der Waals surface area contributed by atoms with Gasteiger partial charge in [-0.1, -0.05) is 27.7 Å². The quantitative estimate of drug-likeness (QED) is 0.673. The fraction of sp³-hybridized carbons (Fsp3) is 0.762. The highest BCUT2D eigenvalue weighted by Gasteiger charge is 2.26. The third-order valence-electron chi connectivity index (χ3n) is 5.95. The summed E-state index contributed by atoms with van der Waals surface area (Å²) in [5, 5.41) is 15.4. The smallest absolute Gasteiger partial charge is 0.220 e. The number of amides is 1. The Morgan fingerprint density at radius 3 is 2.73 bits per heavy atom. The van der Waals surface area contributed by atoms with Crippen molar-refractivity contribution in [3.8, 4) is 0 Å². The van der Waals surface area contributed by atoms with Crippen LogP contribution in [0.3, 0.4) is 0 Å². The number of nitrogens with one attached hydrogen (secondary N) is 1. The molecule has 1 saturated heterocycles. The van der Waals surface area contributed by atoms with Gasteiger partial charge in [0.15, 0.2) is 5.82 Å². The molecule has 1 aliphatic heterocycles. The van der Waals surface area contributed by atoms with Gasteiger partial charge in [0.05, 0.1) is 18.9 Å². The first-order chi connectivity index (χ1) is 14.3. The highest BCUT2D eigenvalue weighted by Crippen LogP contribution is 2.21. The van der Waals surface area contributed by atoms with Crippen molar-refractivity contribution in [2.24, 2.45) is 11.3 Å². The van der Waals surface area contributed by atoms with Gasteiger partial charge in [0.1, 0.15) is 0 Å². The lowest BCUT2D eigenvalue weighted by Crippen LogP contribution is -2.46. The number of hydrogen-bond acceptors (Lipinski definition) is 6. The van der Waals surface area contributed by atoms with Crippen molar-refractivity contribution in [2.75, 3.05) is 13.1 Å². The minimum atomic E-state index is -0.0468. The molecule has 9 nitrogen and oxygen atoms in total. The molecule has 1 amide bonds. The minimum absolute atomic E-state index is 0.0318. The molecule has 1 atom stereocenters. The Balaban J connectivity index is 1.45. The van der Waals surface area contributed by atoms with Crippen molar-refractivity contribution in [3.05, 3.63) is 24.5 Å². The molecule has 166 valence electrons. The van der Waals surface area contributed by atoms with Gasteiger partial charge in [-0.15, -0.1) is 5.10 Å². The van der Waals surface area contributed by atoms with Crippen molar-refractivity contribution in [1.29, 1.82) is 0 Å². The summed E-state index contributed by atoms with van der Waals surface area (Å²) < 4.78 is 3.85. The molecule has 30 heavy (non-hydrogen) atoms. The van der Waals surface area contributed by atoms with Gasteiger partial charge in [-0.25, -0.2) is 9.67 Å². The summed E-state index contributed by atoms with van der Waals surface area (Å²) in [5.41, 5.74) is -0.0468. The molecule has 0 aliphatic carbocycles. The number of piperidine rings is 1. The molecule has 3 rings (SSSR count). The Kier molecular flexibility index (Phi) is 7.58. The lowest BCUT2D eigenvalue weighted by atomic mass is 9.86. The van der Waals surface area contributed by atoms with Crippen molar-refractivity contribution in [2.45, 2.75) is 79.1 Å². The van der Waals surface area contributed by atoms with Crippen molar-refractivity contribution < 1.29 is 4.79 Å². The first-order valence-corrected chi connectivity index (χ1v) is 11.0. The fourth-order valence-corrected chi connectivity index (χ4v) is 3.73. The number of imidazole rings is 1. The molecule has 0 unspecified atom stereocenters. The maximum Gasteiger partial charge on any atom is 0.220 e. The predicted molar refractivity (Wildman–Crippen MR) is 114 cm³/mol. The van der Waals surface area contributed by atoms with E-state index >= 15 is 0 Å². The molecule has 9 heteroatoms. The number of hydrogen-bond donors (Lipinski definition) is 1. The zero-order valence-corrected chi connectivity index (χ0v) is 18.8. The first-order valence-electron chi connectivity index (χ1n) is 11.0. The van der Waals surface area contributed by atoms with Gasteiger partial charge in [-0.3, -0.25) is 9.69 Å². The number of aryl methyl sites for hydroxylation is 1. The van der Waals surface area contributed by atoms with Crippen LogP contribution in [0.15, 0.2) is 18.7 Å². The fourth-order valence-electron chi connectivity index (χ4n) is 3.73. The maximum atomic E-state index is 12.6. The Bertz CT molecular complexity index is 771. The molecule has 0 spiro atoms. The van der Waals surface area contributed by atoms with Gasteiger partial charge in [0, 0.05) is 31.9 Å². The van der Waals surface area contributed by atoms with E-state index in [1.807, 2.05) is 15.4 Å². The van der Waals surface area contributed by atoms with Crippen LogP contribution in [-0.2, 0) is 24.4 Å². The third kappa shape index (κ3) is 6.62. The van der Waals surface area contributed by atoms with Crippen molar-refractivity contribution in [1.82, 2.24) is 40.0 Å². The summed E-state index contributed by atoms with van der Waals surface area (Å²) in [6, 6.07) is 0.0318. The van der Waals surface area contributed by atoms with Crippen LogP contribution in [0.25, 0.3) is 0 Å². The zero-order valence-electron chi connectivity index (χ0n) is 18.8. The van der Waals surface area contributed by atoms with E-state index in [1.54, 1.807) is 12.5 Å². The molecule has 0 aromatic carbocycles. The molecule has 0 radical (unpaired) electrons. The topological polar surface area (TPSA) is 93.8 Å². The normalized spacial score (nSPS) is 17.2. The van der Waals surface area contributed by atoms with E-state index in [0.717, 1.165) is 31.4 Å². The van der Waals surface area contributed by atoms with E-state index in [4.69, 9.17) is 0 Å². The number of rotatable bonds is 9. The van der Waals surface area contributed by atoms with Crippen LogP contribution in [0, 0.1) is 11.3 Å². The summed E-state index contributed by atoms with van der Waals surface area (Å²) in [6.45, 7) is 13.1. The molecule has 1 fully saturated rings. The Morgan fingerprint density at radius 1 is 1.30 bits per heavy atom. The standard InChI is InChI=1S/C21H36N8O/c1-17-7-11-27(12-8-17)15-19-24-25-26-29(19)10-5-6-20(30)23-18(21(2,3)4)14-28-13-9-22-16-28/h9,13,16-18H,5-8,10-12,14-15H2,1-4H3,(H,23,30)/t18-/m1/s1. The Labute approximate surface area is 179 Å². The summed E-state index contributed by atoms with van der Waals surface area (Å²) in [4.78, 5) is 19.1. The summed E-state index contributed by atoms with van der Waals surface area (Å²) in [7, 11) is 0. The van der Waals surface area contributed by atoms with E-state index in [-0.39, 0.29) is 17.4 Å². The van der Waals surface area contributed by atoms with E-state index < -0.39 is 0 Å². The van der Waals surface area contributed by atoms with Crippen LogP contribution in [0.4, 0.5) is 0 Å². The van der Waals surface area contributed by atoms with Crippen LogP contribution < -0.4 is 5.32 Å². The van der Waals surface area contributed by atoms with Crippen LogP contribution >= 0.6 is 0 Å².